The Morgan fingerprint density at radius 3 is 2.57 bits per heavy atom. The largest absolute Gasteiger partial charge is 0.469 e. The second-order valence-corrected chi connectivity index (χ2v) is 5.27. The molecule has 0 bridgehead atoms. The fraction of sp³-hybridized carbons (Fsp3) is 0.467. The maximum absolute atomic E-state index is 13.4. The molecule has 0 unspecified atom stereocenters. The predicted octanol–water partition coefficient (Wildman–Crippen LogP) is 2.57. The lowest BCUT2D eigenvalue weighted by Crippen LogP contribution is -2.32. The van der Waals surface area contributed by atoms with Gasteiger partial charge in [-0.05, 0) is 44.0 Å². The van der Waals surface area contributed by atoms with E-state index in [0.717, 1.165) is 19.2 Å². The maximum atomic E-state index is 13.4. The van der Waals surface area contributed by atoms with Gasteiger partial charge >= 0.3 is 12.1 Å². The van der Waals surface area contributed by atoms with E-state index in [-0.39, 0.29) is 17.7 Å². The van der Waals surface area contributed by atoms with Gasteiger partial charge in [0.05, 0.1) is 13.5 Å². The molecule has 1 N–H and O–H groups in total. The lowest BCUT2D eigenvalue weighted by molar-refractivity contribution is -0.139. The van der Waals surface area contributed by atoms with Crippen LogP contribution in [0.5, 0.6) is 0 Å². The van der Waals surface area contributed by atoms with E-state index in [1.54, 1.807) is 20.8 Å². The van der Waals surface area contributed by atoms with Crippen LogP contribution in [0.2, 0.25) is 0 Å². The minimum atomic E-state index is -2.54. The molecule has 1 aromatic carbocycles. The Kier molecular flexibility index (Phi) is 4.66. The molecule has 1 amide bonds. The van der Waals surface area contributed by atoms with Crippen molar-refractivity contribution in [3.63, 3.8) is 0 Å². The fourth-order valence-corrected chi connectivity index (χ4v) is 1.46. The number of methoxy groups -OCH3 is 1. The van der Waals surface area contributed by atoms with E-state index in [9.17, 15) is 14.0 Å². The zero-order valence-electron chi connectivity index (χ0n) is 14.5. The highest BCUT2D eigenvalue weighted by Crippen LogP contribution is 2.13. The Morgan fingerprint density at radius 1 is 1.33 bits per heavy atom. The average Bonchev–Trinajstić information content (AvgIpc) is 2.43. The Hall–Kier alpha value is -2.11. The van der Waals surface area contributed by atoms with Crippen molar-refractivity contribution in [2.45, 2.75) is 39.3 Å². The highest BCUT2D eigenvalue weighted by molar-refractivity contribution is 5.73. The molecule has 0 radical (unpaired) electrons. The van der Waals surface area contributed by atoms with Crippen LogP contribution >= 0.6 is 0 Å². The second kappa shape index (κ2) is 7.06. The second-order valence-electron chi connectivity index (χ2n) is 5.27. The Morgan fingerprint density at radius 2 is 2.00 bits per heavy atom. The van der Waals surface area contributed by atoms with E-state index in [4.69, 9.17) is 7.48 Å². The van der Waals surface area contributed by atoms with Gasteiger partial charge in [0.15, 0.2) is 0 Å². The minimum Gasteiger partial charge on any atom is -0.469 e. The summed E-state index contributed by atoms with van der Waals surface area (Å²) in [6, 6.07) is 3.31. The van der Waals surface area contributed by atoms with Gasteiger partial charge in [0.1, 0.15) is 11.4 Å². The van der Waals surface area contributed by atoms with Gasteiger partial charge in [-0.1, -0.05) is 6.07 Å². The van der Waals surface area contributed by atoms with Crippen LogP contribution in [0, 0.1) is 5.82 Å². The van der Waals surface area contributed by atoms with Crippen LogP contribution in [0.1, 0.15) is 34.6 Å². The zero-order chi connectivity index (χ0) is 17.8. The zero-order valence-corrected chi connectivity index (χ0v) is 12.5. The lowest BCUT2D eigenvalue weighted by atomic mass is 10.0. The first-order chi connectivity index (χ1) is 10.5. The van der Waals surface area contributed by atoms with Crippen molar-refractivity contribution in [3.8, 4) is 0 Å². The average molecular weight is 299 g/mol. The fourth-order valence-electron chi connectivity index (χ4n) is 1.46. The van der Waals surface area contributed by atoms with E-state index in [1.165, 1.54) is 6.07 Å². The van der Waals surface area contributed by atoms with Gasteiger partial charge in [-0.25, -0.2) is 9.18 Å². The molecule has 0 aromatic heterocycles. The molecule has 5 nitrogen and oxygen atoms in total. The quantitative estimate of drug-likeness (QED) is 0.868. The first-order valence-corrected chi connectivity index (χ1v) is 6.31. The Balaban J connectivity index is 3.00. The smallest absolute Gasteiger partial charge is 0.407 e. The normalized spacial score (nSPS) is 13.0. The number of amides is 1. The van der Waals surface area contributed by atoms with Crippen molar-refractivity contribution in [2.75, 3.05) is 7.11 Å². The summed E-state index contributed by atoms with van der Waals surface area (Å²) in [5, 5.41) is 2.44. The van der Waals surface area contributed by atoms with Crippen molar-refractivity contribution >= 4 is 12.1 Å². The van der Waals surface area contributed by atoms with Crippen LogP contribution in [-0.4, -0.2) is 24.8 Å². The third-order valence-electron chi connectivity index (χ3n) is 2.32. The van der Waals surface area contributed by atoms with Crippen molar-refractivity contribution in [1.82, 2.24) is 5.32 Å². The van der Waals surface area contributed by atoms with Crippen LogP contribution in [0.25, 0.3) is 0 Å². The summed E-state index contributed by atoms with van der Waals surface area (Å²) in [6.07, 6.45) is -3.24. The molecule has 116 valence electrons. The molecule has 1 rings (SSSR count). The number of ether oxygens (including phenoxy) is 2. The lowest BCUT2D eigenvalue weighted by Gasteiger charge is -2.20. The maximum Gasteiger partial charge on any atom is 0.407 e. The molecular weight excluding hydrogens is 277 g/mol. The van der Waals surface area contributed by atoms with Gasteiger partial charge in [0.2, 0.25) is 0 Å². The van der Waals surface area contributed by atoms with E-state index >= 15 is 0 Å². The van der Waals surface area contributed by atoms with Crippen LogP contribution < -0.4 is 5.32 Å². The molecule has 21 heavy (non-hydrogen) atoms. The number of alkyl carbamates (subject to hydrolysis) is 1. The van der Waals surface area contributed by atoms with Gasteiger partial charge in [0.25, 0.3) is 0 Å². The summed E-state index contributed by atoms with van der Waals surface area (Å²) in [5.41, 5.74) is -0.649. The number of hydrogen-bond donors (Lipinski definition) is 1. The monoisotopic (exact) mass is 299 g/mol. The van der Waals surface area contributed by atoms with Crippen molar-refractivity contribution in [2.24, 2.45) is 0 Å². The summed E-state index contributed by atoms with van der Waals surface area (Å²) in [6.45, 7) is 4.98. The molecule has 0 saturated carbocycles. The number of carbonyl (C=O) groups excluding carboxylic acids is 2. The van der Waals surface area contributed by atoms with Gasteiger partial charge in [-0.3, -0.25) is 4.79 Å². The molecular formula is C15H20FNO4. The minimum absolute atomic E-state index is 0.124. The van der Waals surface area contributed by atoms with Gasteiger partial charge in [-0.15, -0.1) is 0 Å². The molecule has 1 aromatic rings. The van der Waals surface area contributed by atoms with Crippen molar-refractivity contribution in [3.05, 3.63) is 35.1 Å². The number of rotatable bonds is 4. The summed E-state index contributed by atoms with van der Waals surface area (Å²) in [5.74, 6) is -1.85. The van der Waals surface area contributed by atoms with Crippen molar-refractivity contribution in [1.29, 1.82) is 0 Å². The third kappa shape index (κ3) is 6.25. The summed E-state index contributed by atoms with van der Waals surface area (Å²) >= 11 is 0. The number of esters is 1. The summed E-state index contributed by atoms with van der Waals surface area (Å²) in [4.78, 5) is 23.2. The van der Waals surface area contributed by atoms with Crippen LogP contribution in [-0.2, 0) is 27.2 Å². The number of benzene rings is 1. The van der Waals surface area contributed by atoms with E-state index in [1.807, 2.05) is 0 Å². The van der Waals surface area contributed by atoms with E-state index < -0.39 is 29.9 Å². The molecule has 0 fully saturated rings. The number of hydrogen-bond acceptors (Lipinski definition) is 4. The highest BCUT2D eigenvalue weighted by atomic mass is 19.1. The molecule has 0 atom stereocenters. The topological polar surface area (TPSA) is 64.6 Å². The summed E-state index contributed by atoms with van der Waals surface area (Å²) in [7, 11) is 1.04. The molecule has 6 heteroatoms. The molecule has 0 saturated heterocycles. The number of halogens is 1. The van der Waals surface area contributed by atoms with Gasteiger partial charge in [0, 0.05) is 9.29 Å². The first-order valence-electron chi connectivity index (χ1n) is 7.31. The summed E-state index contributed by atoms with van der Waals surface area (Å²) < 4.78 is 38.6. The SMILES string of the molecule is [2H]C([2H])(C(=O)OC)c1cc(F)ccc1CNC(=O)OC(C)(C)C. The Bertz CT molecular complexity index is 600. The molecule has 0 heterocycles. The molecule has 0 aliphatic rings. The third-order valence-corrected chi connectivity index (χ3v) is 2.32. The number of carbonyl (C=O) groups is 2. The van der Waals surface area contributed by atoms with Crippen LogP contribution in [0.3, 0.4) is 0 Å². The van der Waals surface area contributed by atoms with E-state index in [2.05, 4.69) is 10.1 Å². The molecule has 0 aliphatic heterocycles. The van der Waals surface area contributed by atoms with Gasteiger partial charge < -0.3 is 14.8 Å². The highest BCUT2D eigenvalue weighted by Gasteiger charge is 2.16. The van der Waals surface area contributed by atoms with Crippen LogP contribution in [0.4, 0.5) is 9.18 Å². The molecule has 0 aliphatic carbocycles. The molecule has 0 spiro atoms. The van der Waals surface area contributed by atoms with E-state index in [0.29, 0.717) is 0 Å². The van der Waals surface area contributed by atoms with Gasteiger partial charge in [-0.2, -0.15) is 0 Å². The van der Waals surface area contributed by atoms with Crippen LogP contribution in [0.15, 0.2) is 18.2 Å². The Labute approximate surface area is 126 Å². The standard InChI is InChI=1S/C15H20FNO4/c1-15(2,3)21-14(19)17-9-10-5-6-12(16)7-11(10)8-13(18)20-4/h5-7H,8-9H2,1-4H3,(H,17,19)/i8D2. The predicted molar refractivity (Wildman–Crippen MR) is 75.2 cm³/mol. The first kappa shape index (κ1) is 13.9. The number of nitrogens with one attached hydrogen (secondary N) is 1. The van der Waals surface area contributed by atoms with Crippen molar-refractivity contribution < 1.29 is 26.2 Å².